The summed E-state index contributed by atoms with van der Waals surface area (Å²) in [6, 6.07) is 10.4. The van der Waals surface area contributed by atoms with Crippen LogP contribution in [0.25, 0.3) is 5.69 Å². The molecular formula is C21H22N2O4. The predicted molar refractivity (Wildman–Crippen MR) is 102 cm³/mol. The highest BCUT2D eigenvalue weighted by Crippen LogP contribution is 2.28. The second-order valence-corrected chi connectivity index (χ2v) is 6.05. The summed E-state index contributed by atoms with van der Waals surface area (Å²) >= 11 is 0. The van der Waals surface area contributed by atoms with Crippen molar-refractivity contribution in [2.24, 2.45) is 0 Å². The van der Waals surface area contributed by atoms with Gasteiger partial charge in [0.1, 0.15) is 17.2 Å². The number of ketones is 1. The third-order valence-electron chi connectivity index (χ3n) is 4.30. The van der Waals surface area contributed by atoms with Gasteiger partial charge in [0, 0.05) is 18.5 Å². The molecule has 140 valence electrons. The van der Waals surface area contributed by atoms with Gasteiger partial charge < -0.3 is 19.0 Å². The second kappa shape index (κ2) is 8.40. The number of ether oxygens (including phenoxy) is 2. The van der Waals surface area contributed by atoms with E-state index in [9.17, 15) is 9.59 Å². The number of carbonyl (C=O) groups excluding carboxylic acids is 2. The number of carbonyl (C=O) groups is 2. The number of unbranched alkanes of at least 4 members (excludes halogenated alkanes) is 1. The number of nitrogens with zero attached hydrogens (tertiary/aromatic N) is 1. The number of nitrogens with one attached hydrogen (secondary N) is 1. The van der Waals surface area contributed by atoms with E-state index in [0.717, 1.165) is 19.1 Å². The zero-order chi connectivity index (χ0) is 19.2. The maximum atomic E-state index is 13.1. The first-order valence-corrected chi connectivity index (χ1v) is 8.85. The van der Waals surface area contributed by atoms with Crippen LogP contribution in [0, 0.1) is 0 Å². The third-order valence-corrected chi connectivity index (χ3v) is 4.30. The third kappa shape index (κ3) is 3.79. The number of hydrogen-bond acceptors (Lipinski definition) is 4. The van der Waals surface area contributed by atoms with Crippen LogP contribution in [0.5, 0.6) is 11.5 Å². The number of benzene rings is 1. The number of rotatable bonds is 9. The fraction of sp³-hybridized carbons (Fsp3) is 0.238. The van der Waals surface area contributed by atoms with Crippen molar-refractivity contribution in [1.29, 1.82) is 0 Å². The normalized spacial score (nSPS) is 10.6. The predicted octanol–water partition coefficient (Wildman–Crippen LogP) is 4.04. The Morgan fingerprint density at radius 1 is 1.26 bits per heavy atom. The topological polar surface area (TPSA) is 73.3 Å². The van der Waals surface area contributed by atoms with Gasteiger partial charge >= 0.3 is 0 Å². The van der Waals surface area contributed by atoms with Crippen LogP contribution in [-0.2, 0) is 0 Å². The number of aromatic nitrogens is 2. The molecule has 6 nitrogen and oxygen atoms in total. The van der Waals surface area contributed by atoms with Crippen LogP contribution in [0.3, 0.4) is 0 Å². The van der Waals surface area contributed by atoms with Crippen molar-refractivity contribution < 1.29 is 19.1 Å². The first-order valence-electron chi connectivity index (χ1n) is 8.85. The van der Waals surface area contributed by atoms with Gasteiger partial charge in [-0.25, -0.2) is 0 Å². The Bertz CT molecular complexity index is 939. The van der Waals surface area contributed by atoms with Gasteiger partial charge in [0.2, 0.25) is 5.78 Å². The molecule has 0 unspecified atom stereocenters. The van der Waals surface area contributed by atoms with E-state index in [2.05, 4.69) is 11.9 Å². The van der Waals surface area contributed by atoms with Crippen molar-refractivity contribution in [3.63, 3.8) is 0 Å². The summed E-state index contributed by atoms with van der Waals surface area (Å²) in [6.07, 6.45) is 6.18. The Morgan fingerprint density at radius 2 is 2.11 bits per heavy atom. The van der Waals surface area contributed by atoms with Gasteiger partial charge in [-0.1, -0.05) is 13.3 Å². The average Bonchev–Trinajstić information content (AvgIpc) is 3.36. The van der Waals surface area contributed by atoms with E-state index in [4.69, 9.17) is 9.47 Å². The molecule has 1 N–H and O–H groups in total. The van der Waals surface area contributed by atoms with Gasteiger partial charge in [-0.05, 0) is 36.8 Å². The van der Waals surface area contributed by atoms with Crippen LogP contribution in [0.2, 0.25) is 0 Å². The molecule has 27 heavy (non-hydrogen) atoms. The van der Waals surface area contributed by atoms with Crippen molar-refractivity contribution in [2.75, 3.05) is 13.7 Å². The van der Waals surface area contributed by atoms with Crippen LogP contribution in [-0.4, -0.2) is 35.3 Å². The zero-order valence-electron chi connectivity index (χ0n) is 15.4. The van der Waals surface area contributed by atoms with Crippen molar-refractivity contribution in [2.45, 2.75) is 19.8 Å². The molecule has 0 atom stereocenters. The molecule has 3 rings (SSSR count). The van der Waals surface area contributed by atoms with Crippen LogP contribution < -0.4 is 9.47 Å². The minimum Gasteiger partial charge on any atom is -0.496 e. The number of aromatic amines is 1. The Balaban J connectivity index is 1.93. The first kappa shape index (κ1) is 18.5. The molecule has 0 spiro atoms. The Kier molecular flexibility index (Phi) is 5.76. The average molecular weight is 366 g/mol. The standard InChI is InChI=1S/C21H22N2O4/c1-3-4-12-27-16-7-8-17(19(13-16)26-2)21(25)20-18(9-10-22-20)23-11-5-6-15(23)14-24/h5-11,13-14,22H,3-4,12H2,1-2H3. The summed E-state index contributed by atoms with van der Waals surface area (Å²) in [6.45, 7) is 2.72. The fourth-order valence-corrected chi connectivity index (χ4v) is 2.87. The maximum Gasteiger partial charge on any atom is 0.215 e. The molecule has 0 amide bonds. The molecule has 3 aromatic rings. The van der Waals surface area contributed by atoms with E-state index < -0.39 is 0 Å². The molecule has 0 radical (unpaired) electrons. The van der Waals surface area contributed by atoms with E-state index >= 15 is 0 Å². The minimum atomic E-state index is -0.225. The van der Waals surface area contributed by atoms with Crippen molar-refractivity contribution in [3.8, 4) is 17.2 Å². The van der Waals surface area contributed by atoms with Gasteiger partial charge in [0.25, 0.3) is 0 Å². The van der Waals surface area contributed by atoms with E-state index in [1.165, 1.54) is 7.11 Å². The molecule has 0 aliphatic carbocycles. The van der Waals surface area contributed by atoms with Gasteiger partial charge in [0.15, 0.2) is 6.29 Å². The van der Waals surface area contributed by atoms with Crippen molar-refractivity contribution >= 4 is 12.1 Å². The van der Waals surface area contributed by atoms with Gasteiger partial charge in [-0.15, -0.1) is 0 Å². The molecule has 0 fully saturated rings. The molecule has 0 aliphatic rings. The molecule has 0 bridgehead atoms. The summed E-state index contributed by atoms with van der Waals surface area (Å²) in [5, 5.41) is 0. The van der Waals surface area contributed by atoms with E-state index in [-0.39, 0.29) is 5.78 Å². The van der Waals surface area contributed by atoms with Crippen molar-refractivity contribution in [1.82, 2.24) is 9.55 Å². The number of methoxy groups -OCH3 is 1. The van der Waals surface area contributed by atoms with Crippen LogP contribution in [0.15, 0.2) is 48.8 Å². The largest absolute Gasteiger partial charge is 0.496 e. The number of hydrogen-bond donors (Lipinski definition) is 1. The van der Waals surface area contributed by atoms with E-state index in [0.29, 0.717) is 40.7 Å². The van der Waals surface area contributed by atoms with Crippen LogP contribution in [0.1, 0.15) is 46.3 Å². The molecule has 6 heteroatoms. The highest BCUT2D eigenvalue weighted by Gasteiger charge is 2.21. The minimum absolute atomic E-state index is 0.225. The molecule has 1 aromatic carbocycles. The quantitative estimate of drug-likeness (QED) is 0.352. The molecule has 0 aliphatic heterocycles. The summed E-state index contributed by atoms with van der Waals surface area (Å²) in [4.78, 5) is 27.3. The molecular weight excluding hydrogens is 344 g/mol. The Hall–Kier alpha value is -3.28. The van der Waals surface area contributed by atoms with Crippen molar-refractivity contribution in [3.05, 3.63) is 65.7 Å². The summed E-state index contributed by atoms with van der Waals surface area (Å²) in [7, 11) is 1.52. The zero-order valence-corrected chi connectivity index (χ0v) is 15.4. The smallest absolute Gasteiger partial charge is 0.215 e. The van der Waals surface area contributed by atoms with Crippen LogP contribution >= 0.6 is 0 Å². The van der Waals surface area contributed by atoms with Crippen LogP contribution in [0.4, 0.5) is 0 Å². The lowest BCUT2D eigenvalue weighted by atomic mass is 10.1. The monoisotopic (exact) mass is 366 g/mol. The lowest BCUT2D eigenvalue weighted by Crippen LogP contribution is -2.09. The summed E-state index contributed by atoms with van der Waals surface area (Å²) in [5.74, 6) is 0.882. The number of H-pyrrole nitrogens is 1. The molecule has 0 saturated carbocycles. The maximum absolute atomic E-state index is 13.1. The Morgan fingerprint density at radius 3 is 2.85 bits per heavy atom. The highest BCUT2D eigenvalue weighted by molar-refractivity contribution is 6.11. The van der Waals surface area contributed by atoms with Gasteiger partial charge in [0.05, 0.1) is 30.7 Å². The molecule has 2 heterocycles. The fourth-order valence-electron chi connectivity index (χ4n) is 2.87. The van der Waals surface area contributed by atoms with Gasteiger partial charge in [-0.2, -0.15) is 0 Å². The molecule has 0 saturated heterocycles. The second-order valence-electron chi connectivity index (χ2n) is 6.05. The first-order chi connectivity index (χ1) is 13.2. The lowest BCUT2D eigenvalue weighted by Gasteiger charge is -2.12. The van der Waals surface area contributed by atoms with Gasteiger partial charge in [-0.3, -0.25) is 9.59 Å². The van der Waals surface area contributed by atoms with E-state index in [1.807, 2.05) is 0 Å². The SMILES string of the molecule is CCCCOc1ccc(C(=O)c2[nH]ccc2-n2cccc2C=O)c(OC)c1. The summed E-state index contributed by atoms with van der Waals surface area (Å²) in [5.41, 5.74) is 1.88. The summed E-state index contributed by atoms with van der Waals surface area (Å²) < 4.78 is 12.8. The Labute approximate surface area is 157 Å². The molecule has 2 aromatic heterocycles. The number of aldehydes is 1. The highest BCUT2D eigenvalue weighted by atomic mass is 16.5. The van der Waals surface area contributed by atoms with E-state index in [1.54, 1.807) is 53.4 Å². The lowest BCUT2D eigenvalue weighted by molar-refractivity contribution is 0.103.